The molecule has 1 aromatic rings. The summed E-state index contributed by atoms with van der Waals surface area (Å²) in [7, 11) is 3.28. The highest BCUT2D eigenvalue weighted by molar-refractivity contribution is 5.85. The van der Waals surface area contributed by atoms with Gasteiger partial charge in [-0.3, -0.25) is 4.79 Å². The Kier molecular flexibility index (Phi) is 7.17. The van der Waals surface area contributed by atoms with Gasteiger partial charge in [0.05, 0.1) is 19.3 Å². The minimum atomic E-state index is -0.773. The normalized spacial score (nSPS) is 18.1. The maximum absolute atomic E-state index is 12.7. The maximum atomic E-state index is 12.7. The summed E-state index contributed by atoms with van der Waals surface area (Å²) in [6.45, 7) is 2.38. The van der Waals surface area contributed by atoms with Crippen molar-refractivity contribution in [3.05, 3.63) is 35.9 Å². The van der Waals surface area contributed by atoms with Crippen molar-refractivity contribution in [3.63, 3.8) is 0 Å². The van der Waals surface area contributed by atoms with E-state index in [1.54, 1.807) is 19.1 Å². The molecule has 0 radical (unpaired) electrons. The number of hydrogen-bond donors (Lipinski definition) is 2. The lowest BCUT2D eigenvalue weighted by molar-refractivity contribution is -0.158. The fraction of sp³-hybridized carbons (Fsp3) is 0.611. The van der Waals surface area contributed by atoms with Crippen LogP contribution in [0.15, 0.2) is 30.3 Å². The molecule has 0 saturated carbocycles. The second-order valence-electron chi connectivity index (χ2n) is 6.29. The fourth-order valence-corrected chi connectivity index (χ4v) is 3.02. The molecule has 1 fully saturated rings. The van der Waals surface area contributed by atoms with Crippen LogP contribution in [0.2, 0.25) is 0 Å². The first-order valence-corrected chi connectivity index (χ1v) is 8.38. The van der Waals surface area contributed by atoms with E-state index in [9.17, 15) is 9.90 Å². The third kappa shape index (κ3) is 5.01. The molecule has 1 amide bonds. The molecule has 1 heterocycles. The van der Waals surface area contributed by atoms with Gasteiger partial charge in [0.1, 0.15) is 5.60 Å². The molecule has 1 saturated heterocycles. The van der Waals surface area contributed by atoms with Gasteiger partial charge in [-0.2, -0.15) is 0 Å². The predicted octanol–water partition coefficient (Wildman–Crippen LogP) is 0.791. The van der Waals surface area contributed by atoms with E-state index in [1.165, 1.54) is 0 Å². The smallest absolute Gasteiger partial charge is 0.254 e. The summed E-state index contributed by atoms with van der Waals surface area (Å²) in [4.78, 5) is 14.3. The lowest BCUT2D eigenvalue weighted by Gasteiger charge is -2.38. The number of amides is 1. The molecule has 1 aromatic carbocycles. The van der Waals surface area contributed by atoms with Gasteiger partial charge in [-0.25, -0.2) is 0 Å². The third-order valence-electron chi connectivity index (χ3n) is 4.44. The van der Waals surface area contributed by atoms with E-state index >= 15 is 0 Å². The van der Waals surface area contributed by atoms with Crippen LogP contribution in [0, 0.1) is 0 Å². The summed E-state index contributed by atoms with van der Waals surface area (Å²) in [5.74, 6) is -0.0754. The second kappa shape index (κ2) is 9.13. The summed E-state index contributed by atoms with van der Waals surface area (Å²) >= 11 is 0. The third-order valence-corrected chi connectivity index (χ3v) is 4.44. The molecule has 0 aliphatic carbocycles. The number of hydrogen-bond acceptors (Lipinski definition) is 5. The zero-order valence-corrected chi connectivity index (χ0v) is 14.5. The van der Waals surface area contributed by atoms with Gasteiger partial charge in [-0.1, -0.05) is 30.3 Å². The Morgan fingerprint density at radius 1 is 1.33 bits per heavy atom. The number of carbonyl (C=O) groups is 1. The van der Waals surface area contributed by atoms with E-state index in [0.29, 0.717) is 19.4 Å². The zero-order chi connectivity index (χ0) is 17.4. The number of benzene rings is 1. The average molecular weight is 336 g/mol. The fourth-order valence-electron chi connectivity index (χ4n) is 3.02. The molecule has 0 spiro atoms. The van der Waals surface area contributed by atoms with E-state index < -0.39 is 11.7 Å². The molecule has 6 nitrogen and oxygen atoms in total. The van der Waals surface area contributed by atoms with Crippen molar-refractivity contribution in [3.8, 4) is 0 Å². The number of ether oxygens (including phenoxy) is 2. The van der Waals surface area contributed by atoms with Crippen LogP contribution in [0.25, 0.3) is 0 Å². The van der Waals surface area contributed by atoms with Crippen LogP contribution >= 0.6 is 0 Å². The number of nitrogens with zero attached hydrogens (tertiary/aromatic N) is 1. The summed E-state index contributed by atoms with van der Waals surface area (Å²) in [5.41, 5.74) is 0.284. The Hall–Kier alpha value is -1.47. The zero-order valence-electron chi connectivity index (χ0n) is 14.5. The van der Waals surface area contributed by atoms with Gasteiger partial charge in [0.2, 0.25) is 0 Å². The van der Waals surface area contributed by atoms with Crippen LogP contribution in [0.4, 0.5) is 0 Å². The first-order valence-electron chi connectivity index (χ1n) is 8.38. The lowest BCUT2D eigenvalue weighted by Crippen LogP contribution is -2.55. The van der Waals surface area contributed by atoms with E-state index in [1.807, 2.05) is 30.3 Å². The maximum Gasteiger partial charge on any atom is 0.254 e. The molecule has 6 heteroatoms. The largest absolute Gasteiger partial charge is 0.389 e. The summed E-state index contributed by atoms with van der Waals surface area (Å²) < 4.78 is 11.1. The standard InChI is InChI=1S/C18H28N2O4/c1-20(17(22)18(23-2)8-10-19-11-9-18)12-16(21)14-24-13-15-6-4-3-5-7-15/h3-7,16,19,21H,8-14H2,1-2H3. The van der Waals surface area contributed by atoms with Crippen molar-refractivity contribution in [2.24, 2.45) is 0 Å². The number of nitrogens with one attached hydrogen (secondary N) is 1. The molecule has 1 aliphatic heterocycles. The molecular weight excluding hydrogens is 308 g/mol. The highest BCUT2D eigenvalue weighted by Gasteiger charge is 2.41. The predicted molar refractivity (Wildman–Crippen MR) is 91.6 cm³/mol. The number of methoxy groups -OCH3 is 1. The molecule has 1 unspecified atom stereocenters. The van der Waals surface area contributed by atoms with Crippen LogP contribution in [-0.4, -0.2) is 68.0 Å². The van der Waals surface area contributed by atoms with Crippen molar-refractivity contribution < 1.29 is 19.4 Å². The number of aliphatic hydroxyl groups excluding tert-OH is 1. The molecule has 0 aromatic heterocycles. The molecule has 0 bridgehead atoms. The number of carbonyl (C=O) groups excluding carboxylic acids is 1. The van der Waals surface area contributed by atoms with Crippen LogP contribution in [0.1, 0.15) is 18.4 Å². The van der Waals surface area contributed by atoms with E-state index in [0.717, 1.165) is 18.7 Å². The van der Waals surface area contributed by atoms with E-state index in [4.69, 9.17) is 9.47 Å². The molecule has 2 rings (SSSR count). The van der Waals surface area contributed by atoms with Gasteiger partial charge in [-0.05, 0) is 31.5 Å². The summed E-state index contributed by atoms with van der Waals surface area (Å²) in [6, 6.07) is 9.80. The molecule has 2 N–H and O–H groups in total. The van der Waals surface area contributed by atoms with E-state index in [-0.39, 0.29) is 19.1 Å². The van der Waals surface area contributed by atoms with Crippen LogP contribution in [0.3, 0.4) is 0 Å². The van der Waals surface area contributed by atoms with Crippen molar-refractivity contribution in [1.29, 1.82) is 0 Å². The van der Waals surface area contributed by atoms with Gasteiger partial charge in [0, 0.05) is 20.7 Å². The summed E-state index contributed by atoms with van der Waals surface area (Å²) in [5, 5.41) is 13.4. The molecule has 134 valence electrons. The van der Waals surface area contributed by atoms with Gasteiger partial charge in [-0.15, -0.1) is 0 Å². The Bertz CT molecular complexity index is 503. The Labute approximate surface area is 143 Å². The Morgan fingerprint density at radius 2 is 2.00 bits per heavy atom. The number of likely N-dealkylation sites (N-methyl/N-ethyl adjacent to an activating group) is 1. The van der Waals surface area contributed by atoms with Gasteiger partial charge >= 0.3 is 0 Å². The minimum Gasteiger partial charge on any atom is -0.389 e. The average Bonchev–Trinajstić information content (AvgIpc) is 2.62. The highest BCUT2D eigenvalue weighted by atomic mass is 16.5. The topological polar surface area (TPSA) is 71.0 Å². The first kappa shape index (κ1) is 18.9. The number of rotatable bonds is 8. The number of aliphatic hydroxyl groups is 1. The summed E-state index contributed by atoms with van der Waals surface area (Å²) in [6.07, 6.45) is 0.568. The Balaban J connectivity index is 1.77. The lowest BCUT2D eigenvalue weighted by atomic mass is 9.90. The van der Waals surface area contributed by atoms with Gasteiger partial charge < -0.3 is 24.8 Å². The van der Waals surface area contributed by atoms with E-state index in [2.05, 4.69) is 5.32 Å². The van der Waals surface area contributed by atoms with Crippen LogP contribution < -0.4 is 5.32 Å². The number of piperidine rings is 1. The van der Waals surface area contributed by atoms with Gasteiger partial charge in [0.25, 0.3) is 5.91 Å². The van der Waals surface area contributed by atoms with Crippen molar-refractivity contribution >= 4 is 5.91 Å². The molecule has 1 atom stereocenters. The van der Waals surface area contributed by atoms with Gasteiger partial charge in [0.15, 0.2) is 0 Å². The SMILES string of the molecule is COC1(C(=O)N(C)CC(O)COCc2ccccc2)CCNCC1. The molecule has 1 aliphatic rings. The minimum absolute atomic E-state index is 0.0754. The molecular formula is C18H28N2O4. The second-order valence-corrected chi connectivity index (χ2v) is 6.29. The van der Waals surface area contributed by atoms with Crippen molar-refractivity contribution in [2.75, 3.05) is 40.4 Å². The monoisotopic (exact) mass is 336 g/mol. The molecule has 24 heavy (non-hydrogen) atoms. The van der Waals surface area contributed by atoms with Crippen molar-refractivity contribution in [1.82, 2.24) is 10.2 Å². The Morgan fingerprint density at radius 3 is 2.62 bits per heavy atom. The first-order chi connectivity index (χ1) is 11.6. The quantitative estimate of drug-likeness (QED) is 0.734. The van der Waals surface area contributed by atoms with Crippen LogP contribution in [0.5, 0.6) is 0 Å². The highest BCUT2D eigenvalue weighted by Crippen LogP contribution is 2.24. The van der Waals surface area contributed by atoms with Crippen LogP contribution in [-0.2, 0) is 20.9 Å². The van der Waals surface area contributed by atoms with Crippen molar-refractivity contribution in [2.45, 2.75) is 31.2 Å².